The number of phenolic OH excluding ortho intramolecular Hbond substituents is 2. The van der Waals surface area contributed by atoms with Gasteiger partial charge in [-0.2, -0.15) is 5.10 Å². The summed E-state index contributed by atoms with van der Waals surface area (Å²) >= 11 is 0. The Kier molecular flexibility index (Phi) is 4.15. The lowest BCUT2D eigenvalue weighted by Crippen LogP contribution is -2.06. The number of anilines is 1. The van der Waals surface area contributed by atoms with Crippen molar-refractivity contribution in [1.82, 2.24) is 0 Å². The van der Waals surface area contributed by atoms with Gasteiger partial charge in [-0.05, 0) is 12.1 Å². The molecule has 4 nitrogen and oxygen atoms in total. The van der Waals surface area contributed by atoms with Crippen molar-refractivity contribution in [2.24, 2.45) is 5.10 Å². The lowest BCUT2D eigenvalue weighted by Gasteiger charge is -2.07. The van der Waals surface area contributed by atoms with E-state index in [-0.39, 0.29) is 11.3 Å². The van der Waals surface area contributed by atoms with E-state index in [1.165, 1.54) is 12.1 Å². The molecule has 0 amide bonds. The Morgan fingerprint density at radius 1 is 0.864 bits per heavy atom. The number of nitrogens with zero attached hydrogens (tertiary/aromatic N) is 1. The Morgan fingerprint density at radius 2 is 1.41 bits per heavy atom. The molecule has 0 aromatic heterocycles. The van der Waals surface area contributed by atoms with Crippen LogP contribution >= 0.6 is 0 Å². The van der Waals surface area contributed by atoms with E-state index in [0.29, 0.717) is 0 Å². The smallest absolute Gasteiger partial charge is 0.200 e. The summed E-state index contributed by atoms with van der Waals surface area (Å²) in [5.74, 6) is -11.3. The van der Waals surface area contributed by atoms with Gasteiger partial charge in [0, 0.05) is 11.6 Å². The summed E-state index contributed by atoms with van der Waals surface area (Å²) in [7, 11) is 0. The lowest BCUT2D eigenvalue weighted by atomic mass is 10.2. The van der Waals surface area contributed by atoms with Crippen molar-refractivity contribution in [2.75, 3.05) is 5.43 Å². The summed E-state index contributed by atoms with van der Waals surface area (Å²) in [6.07, 6.45) is 0.868. The van der Waals surface area contributed by atoms with Crippen LogP contribution in [0.1, 0.15) is 5.56 Å². The predicted octanol–water partition coefficient (Wildman–Crippen LogP) is 3.24. The molecule has 0 radical (unpaired) electrons. The van der Waals surface area contributed by atoms with E-state index < -0.39 is 40.5 Å². The molecule has 3 N–H and O–H groups in total. The third kappa shape index (κ3) is 2.78. The zero-order valence-electron chi connectivity index (χ0n) is 10.5. The largest absolute Gasteiger partial charge is 0.508 e. The zero-order valence-corrected chi connectivity index (χ0v) is 10.5. The number of rotatable bonds is 3. The second kappa shape index (κ2) is 5.88. The summed E-state index contributed by atoms with van der Waals surface area (Å²) in [4.78, 5) is 0. The first-order valence-corrected chi connectivity index (χ1v) is 5.65. The quantitative estimate of drug-likeness (QED) is 0.268. The van der Waals surface area contributed by atoms with Gasteiger partial charge in [0.05, 0.1) is 6.21 Å². The summed E-state index contributed by atoms with van der Waals surface area (Å²) in [6, 6.07) is 3.38. The van der Waals surface area contributed by atoms with E-state index in [4.69, 9.17) is 5.11 Å². The molecule has 2 aromatic carbocycles. The van der Waals surface area contributed by atoms with Crippen molar-refractivity contribution in [2.45, 2.75) is 0 Å². The minimum atomic E-state index is -2.28. The number of aromatic hydroxyl groups is 2. The zero-order chi connectivity index (χ0) is 16.4. The molecule has 0 heterocycles. The normalized spacial score (nSPS) is 11.1. The SMILES string of the molecule is Oc1ccc(C=NNc2c(F)c(F)c(F)c(F)c2F)c(O)c1. The number of phenols is 2. The van der Waals surface area contributed by atoms with Gasteiger partial charge in [0.15, 0.2) is 23.3 Å². The number of hydrazone groups is 1. The molecule has 0 aliphatic rings. The van der Waals surface area contributed by atoms with Crippen molar-refractivity contribution >= 4 is 11.9 Å². The van der Waals surface area contributed by atoms with Gasteiger partial charge in [0.1, 0.15) is 17.2 Å². The molecule has 2 rings (SSSR count). The maximum Gasteiger partial charge on any atom is 0.200 e. The Balaban J connectivity index is 2.30. The fourth-order valence-corrected chi connectivity index (χ4v) is 1.51. The molecule has 0 fully saturated rings. The fraction of sp³-hybridized carbons (Fsp3) is 0. The van der Waals surface area contributed by atoms with Crippen LogP contribution in [0.5, 0.6) is 11.5 Å². The average Bonchev–Trinajstić information content (AvgIpc) is 2.48. The summed E-state index contributed by atoms with van der Waals surface area (Å²) < 4.78 is 65.3. The Bertz CT molecular complexity index is 736. The van der Waals surface area contributed by atoms with Gasteiger partial charge < -0.3 is 10.2 Å². The molecule has 0 spiro atoms. The molecular weight excluding hydrogens is 311 g/mol. The molecule has 0 saturated heterocycles. The van der Waals surface area contributed by atoms with Gasteiger partial charge in [-0.25, -0.2) is 22.0 Å². The predicted molar refractivity (Wildman–Crippen MR) is 67.2 cm³/mol. The topological polar surface area (TPSA) is 64.9 Å². The maximum atomic E-state index is 13.3. The van der Waals surface area contributed by atoms with Crippen LogP contribution in [0, 0.1) is 29.1 Å². The highest BCUT2D eigenvalue weighted by Gasteiger charge is 2.25. The van der Waals surface area contributed by atoms with Gasteiger partial charge >= 0.3 is 0 Å². The number of hydrogen-bond acceptors (Lipinski definition) is 4. The van der Waals surface area contributed by atoms with Crippen molar-refractivity contribution in [3.8, 4) is 11.5 Å². The molecule has 9 heteroatoms. The highest BCUT2D eigenvalue weighted by molar-refractivity contribution is 5.84. The molecule has 2 aromatic rings. The first-order chi connectivity index (χ1) is 10.3. The van der Waals surface area contributed by atoms with Crippen LogP contribution in [-0.4, -0.2) is 16.4 Å². The summed E-state index contributed by atoms with van der Waals surface area (Å²) in [5, 5.41) is 21.8. The van der Waals surface area contributed by atoms with Crippen LogP contribution in [0.4, 0.5) is 27.6 Å². The van der Waals surface area contributed by atoms with E-state index in [9.17, 15) is 27.1 Å². The van der Waals surface area contributed by atoms with Gasteiger partial charge in [0.25, 0.3) is 0 Å². The van der Waals surface area contributed by atoms with Gasteiger partial charge in [-0.15, -0.1) is 0 Å². The first kappa shape index (κ1) is 15.5. The van der Waals surface area contributed by atoms with Gasteiger partial charge in [-0.1, -0.05) is 0 Å². The van der Waals surface area contributed by atoms with E-state index in [0.717, 1.165) is 12.3 Å². The molecule has 0 aliphatic carbocycles. The van der Waals surface area contributed by atoms with Crippen molar-refractivity contribution in [3.05, 3.63) is 52.8 Å². The van der Waals surface area contributed by atoms with Gasteiger partial charge in [-0.3, -0.25) is 5.43 Å². The van der Waals surface area contributed by atoms with Crippen LogP contribution in [0.25, 0.3) is 0 Å². The standard InChI is InChI=1S/C13H7F5N2O2/c14-8-9(15)11(17)13(12(18)10(8)16)20-19-4-5-1-2-6(21)3-7(5)22/h1-4,20-22H. The monoisotopic (exact) mass is 318 g/mol. The molecule has 0 saturated carbocycles. The van der Waals surface area contributed by atoms with Crippen molar-refractivity contribution < 1.29 is 32.2 Å². The second-order valence-corrected chi connectivity index (χ2v) is 4.06. The third-order valence-electron chi connectivity index (χ3n) is 2.60. The van der Waals surface area contributed by atoms with Crippen LogP contribution in [-0.2, 0) is 0 Å². The van der Waals surface area contributed by atoms with Crippen molar-refractivity contribution in [3.63, 3.8) is 0 Å². The Labute approximate surface area is 120 Å². The minimum absolute atomic E-state index is 0.0363. The van der Waals surface area contributed by atoms with Gasteiger partial charge in [0.2, 0.25) is 5.82 Å². The average molecular weight is 318 g/mol. The van der Waals surface area contributed by atoms with Crippen LogP contribution in [0.2, 0.25) is 0 Å². The van der Waals surface area contributed by atoms with E-state index in [2.05, 4.69) is 5.10 Å². The molecule has 0 bridgehead atoms. The molecule has 0 aliphatic heterocycles. The third-order valence-corrected chi connectivity index (χ3v) is 2.60. The minimum Gasteiger partial charge on any atom is -0.508 e. The maximum absolute atomic E-state index is 13.3. The number of benzene rings is 2. The second-order valence-electron chi connectivity index (χ2n) is 4.06. The number of hydrogen-bond donors (Lipinski definition) is 3. The molecule has 0 atom stereocenters. The lowest BCUT2D eigenvalue weighted by molar-refractivity contribution is 0.381. The summed E-state index contributed by atoms with van der Waals surface area (Å²) in [6.45, 7) is 0. The number of nitrogens with one attached hydrogen (secondary N) is 1. The molecule has 116 valence electrons. The fourth-order valence-electron chi connectivity index (χ4n) is 1.51. The van der Waals surface area contributed by atoms with Crippen LogP contribution in [0.15, 0.2) is 23.3 Å². The van der Waals surface area contributed by atoms with Crippen LogP contribution in [0.3, 0.4) is 0 Å². The Morgan fingerprint density at radius 3 is 1.95 bits per heavy atom. The van der Waals surface area contributed by atoms with E-state index in [1.807, 2.05) is 0 Å². The van der Waals surface area contributed by atoms with Crippen LogP contribution < -0.4 is 5.43 Å². The molecule has 22 heavy (non-hydrogen) atoms. The first-order valence-electron chi connectivity index (χ1n) is 5.65. The molecule has 0 unspecified atom stereocenters. The van der Waals surface area contributed by atoms with E-state index >= 15 is 0 Å². The summed E-state index contributed by atoms with van der Waals surface area (Å²) in [5.41, 5.74) is 0.388. The highest BCUT2D eigenvalue weighted by Crippen LogP contribution is 2.27. The number of halogens is 5. The van der Waals surface area contributed by atoms with Crippen molar-refractivity contribution in [1.29, 1.82) is 0 Å². The Hall–Kier alpha value is -2.84. The van der Waals surface area contributed by atoms with E-state index in [1.54, 1.807) is 5.43 Å². The highest BCUT2D eigenvalue weighted by atomic mass is 19.2. The molecular formula is C13H7F5N2O2.